The molecule has 2 rings (SSSR count). The molecule has 1 aromatic carbocycles. The Balaban J connectivity index is 2.17. The largest absolute Gasteiger partial charge is 0.366 e. The highest BCUT2D eigenvalue weighted by atomic mass is 19.3. The van der Waals surface area contributed by atoms with Crippen molar-refractivity contribution in [2.75, 3.05) is 0 Å². The number of rotatable bonds is 4. The number of aromatic nitrogens is 2. The molecule has 2 aromatic rings. The summed E-state index contributed by atoms with van der Waals surface area (Å²) in [6, 6.07) is 6.06. The molecule has 1 aromatic heterocycles. The van der Waals surface area contributed by atoms with Crippen molar-refractivity contribution in [3.63, 3.8) is 0 Å². The summed E-state index contributed by atoms with van der Waals surface area (Å²) < 4.78 is 26.5. The van der Waals surface area contributed by atoms with Gasteiger partial charge in [0.05, 0.1) is 18.3 Å². The standard InChI is InChI=1S/C12H11F2N3O/c13-11(14)9-3-1-2-8(4-9)6-17-7-10(5-16-17)12(15)18/h1-5,7,11H,6H2,(H2,15,18). The van der Waals surface area contributed by atoms with E-state index in [1.54, 1.807) is 12.1 Å². The smallest absolute Gasteiger partial charge is 0.263 e. The molecule has 0 spiro atoms. The zero-order valence-electron chi connectivity index (χ0n) is 9.38. The van der Waals surface area contributed by atoms with Crippen LogP contribution in [-0.2, 0) is 6.54 Å². The Morgan fingerprint density at radius 3 is 2.83 bits per heavy atom. The molecule has 18 heavy (non-hydrogen) atoms. The minimum absolute atomic E-state index is 0.0326. The van der Waals surface area contributed by atoms with E-state index in [2.05, 4.69) is 5.10 Å². The molecule has 0 unspecified atom stereocenters. The number of hydrogen-bond donors (Lipinski definition) is 1. The lowest BCUT2D eigenvalue weighted by Gasteiger charge is -2.04. The molecule has 0 aliphatic heterocycles. The monoisotopic (exact) mass is 251 g/mol. The van der Waals surface area contributed by atoms with Gasteiger partial charge in [-0.2, -0.15) is 5.10 Å². The second-order valence-electron chi connectivity index (χ2n) is 3.84. The van der Waals surface area contributed by atoms with E-state index in [1.807, 2.05) is 0 Å². The van der Waals surface area contributed by atoms with Crippen LogP contribution in [0.1, 0.15) is 27.9 Å². The average Bonchev–Trinajstić information content (AvgIpc) is 2.78. The first kappa shape index (κ1) is 12.2. The maximum absolute atomic E-state index is 12.5. The SMILES string of the molecule is NC(=O)c1cnn(Cc2cccc(C(F)F)c2)c1. The molecule has 0 saturated carbocycles. The van der Waals surface area contributed by atoms with Crippen molar-refractivity contribution in [2.24, 2.45) is 5.73 Å². The summed E-state index contributed by atoms with van der Waals surface area (Å²) in [4.78, 5) is 10.9. The van der Waals surface area contributed by atoms with Crippen molar-refractivity contribution in [1.29, 1.82) is 0 Å². The molecule has 0 bridgehead atoms. The summed E-state index contributed by atoms with van der Waals surface area (Å²) >= 11 is 0. The highest BCUT2D eigenvalue weighted by molar-refractivity contribution is 5.92. The van der Waals surface area contributed by atoms with Crippen molar-refractivity contribution in [2.45, 2.75) is 13.0 Å². The quantitative estimate of drug-likeness (QED) is 0.903. The lowest BCUT2D eigenvalue weighted by atomic mass is 10.1. The highest BCUT2D eigenvalue weighted by Crippen LogP contribution is 2.19. The number of benzene rings is 1. The van der Waals surface area contributed by atoms with E-state index in [1.165, 1.54) is 29.2 Å². The van der Waals surface area contributed by atoms with Gasteiger partial charge in [-0.05, 0) is 11.6 Å². The van der Waals surface area contributed by atoms with Gasteiger partial charge in [-0.25, -0.2) is 8.78 Å². The van der Waals surface area contributed by atoms with Gasteiger partial charge in [-0.3, -0.25) is 9.48 Å². The second-order valence-corrected chi connectivity index (χ2v) is 3.84. The van der Waals surface area contributed by atoms with Crippen molar-refractivity contribution in [3.8, 4) is 0 Å². The normalized spacial score (nSPS) is 10.8. The molecule has 0 aliphatic carbocycles. The molecule has 0 atom stereocenters. The molecule has 94 valence electrons. The molecule has 0 aliphatic rings. The number of amides is 1. The van der Waals surface area contributed by atoms with Gasteiger partial charge >= 0.3 is 0 Å². The topological polar surface area (TPSA) is 60.9 Å². The summed E-state index contributed by atoms with van der Waals surface area (Å²) in [6.45, 7) is 0.313. The number of nitrogens with zero attached hydrogens (tertiary/aromatic N) is 2. The third kappa shape index (κ3) is 2.71. The molecule has 0 fully saturated rings. The molecule has 1 amide bonds. The third-order valence-corrected chi connectivity index (χ3v) is 2.47. The Bertz CT molecular complexity index is 566. The Hall–Kier alpha value is -2.24. The Labute approximate surface area is 102 Å². The zero-order chi connectivity index (χ0) is 13.1. The summed E-state index contributed by atoms with van der Waals surface area (Å²) in [5.74, 6) is -0.567. The van der Waals surface area contributed by atoms with Crippen LogP contribution < -0.4 is 5.73 Å². The summed E-state index contributed by atoms with van der Waals surface area (Å²) in [6.07, 6.45) is 0.334. The Morgan fingerprint density at radius 1 is 1.44 bits per heavy atom. The molecule has 0 saturated heterocycles. The van der Waals surface area contributed by atoms with E-state index in [4.69, 9.17) is 5.73 Å². The predicted octanol–water partition coefficient (Wildman–Crippen LogP) is 1.97. The summed E-state index contributed by atoms with van der Waals surface area (Å²) in [7, 11) is 0. The van der Waals surface area contributed by atoms with Crippen LogP contribution >= 0.6 is 0 Å². The van der Waals surface area contributed by atoms with Crippen LogP contribution in [0.15, 0.2) is 36.7 Å². The average molecular weight is 251 g/mol. The summed E-state index contributed by atoms with van der Waals surface area (Å²) in [5.41, 5.74) is 6.04. The van der Waals surface area contributed by atoms with Gasteiger partial charge in [0.1, 0.15) is 0 Å². The maximum Gasteiger partial charge on any atom is 0.263 e. The highest BCUT2D eigenvalue weighted by Gasteiger charge is 2.08. The lowest BCUT2D eigenvalue weighted by molar-refractivity contribution is 0.1000. The number of alkyl halides is 2. The van der Waals surface area contributed by atoms with Gasteiger partial charge < -0.3 is 5.73 Å². The zero-order valence-corrected chi connectivity index (χ0v) is 9.38. The number of halogens is 2. The van der Waals surface area contributed by atoms with E-state index in [-0.39, 0.29) is 5.56 Å². The molecule has 2 N–H and O–H groups in total. The van der Waals surface area contributed by atoms with Gasteiger partial charge in [0.2, 0.25) is 0 Å². The molecule has 6 heteroatoms. The number of carbonyl (C=O) groups is 1. The van der Waals surface area contributed by atoms with Crippen LogP contribution in [0.5, 0.6) is 0 Å². The molecule has 4 nitrogen and oxygen atoms in total. The van der Waals surface area contributed by atoms with Gasteiger partial charge in [-0.1, -0.05) is 18.2 Å². The Kier molecular flexibility index (Phi) is 3.36. The fraction of sp³-hybridized carbons (Fsp3) is 0.167. The Morgan fingerprint density at radius 2 is 2.22 bits per heavy atom. The van der Waals surface area contributed by atoms with Crippen molar-refractivity contribution in [1.82, 2.24) is 9.78 Å². The van der Waals surface area contributed by atoms with E-state index in [0.717, 1.165) is 0 Å². The van der Waals surface area contributed by atoms with Crippen LogP contribution in [0.2, 0.25) is 0 Å². The fourth-order valence-electron chi connectivity index (χ4n) is 1.59. The number of primary amides is 1. The lowest BCUT2D eigenvalue weighted by Crippen LogP contribution is -2.09. The fourth-order valence-corrected chi connectivity index (χ4v) is 1.59. The predicted molar refractivity (Wildman–Crippen MR) is 61.2 cm³/mol. The molecule has 0 radical (unpaired) electrons. The van der Waals surface area contributed by atoms with Crippen LogP contribution in [0.4, 0.5) is 8.78 Å². The molecule has 1 heterocycles. The van der Waals surface area contributed by atoms with Crippen LogP contribution in [-0.4, -0.2) is 15.7 Å². The van der Waals surface area contributed by atoms with E-state index < -0.39 is 12.3 Å². The molecular weight excluding hydrogens is 240 g/mol. The van der Waals surface area contributed by atoms with Crippen molar-refractivity contribution >= 4 is 5.91 Å². The van der Waals surface area contributed by atoms with Gasteiger partial charge in [0.15, 0.2) is 0 Å². The van der Waals surface area contributed by atoms with E-state index in [9.17, 15) is 13.6 Å². The van der Waals surface area contributed by atoms with Crippen LogP contribution in [0.25, 0.3) is 0 Å². The maximum atomic E-state index is 12.5. The van der Waals surface area contributed by atoms with Crippen LogP contribution in [0.3, 0.4) is 0 Å². The van der Waals surface area contributed by atoms with Gasteiger partial charge in [0.25, 0.3) is 12.3 Å². The third-order valence-electron chi connectivity index (χ3n) is 2.47. The van der Waals surface area contributed by atoms with E-state index >= 15 is 0 Å². The molecular formula is C12H11F2N3O. The van der Waals surface area contributed by atoms with Gasteiger partial charge in [-0.15, -0.1) is 0 Å². The van der Waals surface area contributed by atoms with E-state index in [0.29, 0.717) is 17.7 Å². The first-order chi connectivity index (χ1) is 8.56. The second kappa shape index (κ2) is 4.95. The number of hydrogen-bond acceptors (Lipinski definition) is 2. The minimum Gasteiger partial charge on any atom is -0.366 e. The van der Waals surface area contributed by atoms with Crippen molar-refractivity contribution in [3.05, 3.63) is 53.3 Å². The number of nitrogens with two attached hydrogens (primary N) is 1. The number of carbonyl (C=O) groups excluding carboxylic acids is 1. The first-order valence-electron chi connectivity index (χ1n) is 5.25. The van der Waals surface area contributed by atoms with Crippen LogP contribution in [0, 0.1) is 0 Å². The first-order valence-corrected chi connectivity index (χ1v) is 5.25. The minimum atomic E-state index is -2.50. The van der Waals surface area contributed by atoms with Gasteiger partial charge in [0, 0.05) is 11.8 Å². The van der Waals surface area contributed by atoms with Crippen molar-refractivity contribution < 1.29 is 13.6 Å². The summed E-state index contributed by atoms with van der Waals surface area (Å²) in [5, 5.41) is 3.94.